The molecule has 11 heteroatoms. The molecule has 0 radical (unpaired) electrons. The number of H-pyrrole nitrogens is 1. The summed E-state index contributed by atoms with van der Waals surface area (Å²) < 4.78 is 5.15. The smallest absolute Gasteiger partial charge is 0.257 e. The lowest BCUT2D eigenvalue weighted by Gasteiger charge is -2.03. The number of nitrogens with one attached hydrogen (secondary N) is 2. The Bertz CT molecular complexity index is 715. The van der Waals surface area contributed by atoms with E-state index in [1.807, 2.05) is 6.92 Å². The molecule has 0 spiro atoms. The molecule has 0 aliphatic rings. The molecule has 0 aliphatic heterocycles. The van der Waals surface area contributed by atoms with Gasteiger partial charge in [-0.15, -0.1) is 10.2 Å². The summed E-state index contributed by atoms with van der Waals surface area (Å²) in [5.41, 5.74) is 1.16. The summed E-state index contributed by atoms with van der Waals surface area (Å²) in [6.07, 6.45) is 2.80. The lowest BCUT2D eigenvalue weighted by atomic mass is 10.3. The van der Waals surface area contributed by atoms with E-state index in [0.717, 1.165) is 10.6 Å². The van der Waals surface area contributed by atoms with Gasteiger partial charge in [-0.1, -0.05) is 4.49 Å². The Morgan fingerprint density at radius 2 is 2.45 bits per heavy atom. The zero-order valence-corrected chi connectivity index (χ0v) is 11.1. The molecule has 3 aromatic rings. The fourth-order valence-corrected chi connectivity index (χ4v) is 2.12. The highest BCUT2D eigenvalue weighted by atomic mass is 32.1. The SMILES string of the molecule is Cc1nnsc1CNC(=O)c1cn[nH]c1-n1cnnn1. The Hall–Kier alpha value is -2.69. The van der Waals surface area contributed by atoms with E-state index in [0.29, 0.717) is 17.9 Å². The van der Waals surface area contributed by atoms with Gasteiger partial charge in [-0.05, 0) is 28.9 Å². The van der Waals surface area contributed by atoms with Crippen molar-refractivity contribution >= 4 is 17.4 Å². The second-order valence-corrected chi connectivity index (χ2v) is 4.69. The Kier molecular flexibility index (Phi) is 3.16. The van der Waals surface area contributed by atoms with Crippen molar-refractivity contribution < 1.29 is 4.79 Å². The second kappa shape index (κ2) is 5.13. The molecule has 3 aromatic heterocycles. The number of aromatic nitrogens is 8. The molecule has 102 valence electrons. The number of hydrogen-bond acceptors (Lipinski definition) is 8. The van der Waals surface area contributed by atoms with Gasteiger partial charge in [0.05, 0.1) is 23.3 Å². The van der Waals surface area contributed by atoms with Gasteiger partial charge in [-0.25, -0.2) is 0 Å². The zero-order chi connectivity index (χ0) is 13.9. The third-order valence-corrected chi connectivity index (χ3v) is 3.42. The summed E-state index contributed by atoms with van der Waals surface area (Å²) in [6, 6.07) is 0. The monoisotopic (exact) mass is 291 g/mol. The summed E-state index contributed by atoms with van der Waals surface area (Å²) in [5, 5.41) is 23.9. The number of hydrogen-bond donors (Lipinski definition) is 2. The molecule has 0 fully saturated rings. The van der Waals surface area contributed by atoms with Crippen molar-refractivity contribution in [2.75, 3.05) is 0 Å². The number of rotatable bonds is 4. The van der Waals surface area contributed by atoms with E-state index < -0.39 is 0 Å². The van der Waals surface area contributed by atoms with Crippen molar-refractivity contribution in [2.45, 2.75) is 13.5 Å². The lowest BCUT2D eigenvalue weighted by Crippen LogP contribution is -2.23. The summed E-state index contributed by atoms with van der Waals surface area (Å²) in [6.45, 7) is 2.21. The summed E-state index contributed by atoms with van der Waals surface area (Å²) in [4.78, 5) is 13.0. The molecule has 0 aliphatic carbocycles. The van der Waals surface area contributed by atoms with Crippen molar-refractivity contribution in [3.63, 3.8) is 0 Å². The second-order valence-electron chi connectivity index (χ2n) is 3.85. The molecule has 0 saturated heterocycles. The predicted molar refractivity (Wildman–Crippen MR) is 67.1 cm³/mol. The van der Waals surface area contributed by atoms with Crippen LogP contribution in [0, 0.1) is 6.92 Å². The summed E-state index contributed by atoms with van der Waals surface area (Å²) in [5.74, 6) is 0.128. The number of carbonyl (C=O) groups excluding carboxylic acids is 1. The number of aryl methyl sites for hydroxylation is 1. The van der Waals surface area contributed by atoms with Crippen molar-refractivity contribution in [3.8, 4) is 5.82 Å². The van der Waals surface area contributed by atoms with E-state index in [2.05, 4.69) is 40.6 Å². The van der Waals surface area contributed by atoms with E-state index in [1.54, 1.807) is 0 Å². The van der Waals surface area contributed by atoms with Gasteiger partial charge >= 0.3 is 0 Å². The summed E-state index contributed by atoms with van der Waals surface area (Å²) in [7, 11) is 0. The van der Waals surface area contributed by atoms with Crippen LogP contribution in [0.5, 0.6) is 0 Å². The van der Waals surface area contributed by atoms with Gasteiger partial charge in [-0.2, -0.15) is 9.78 Å². The van der Waals surface area contributed by atoms with Crippen LogP contribution in [0.25, 0.3) is 5.82 Å². The van der Waals surface area contributed by atoms with Gasteiger partial charge in [0.1, 0.15) is 11.9 Å². The van der Waals surface area contributed by atoms with Crippen LogP contribution in [0.2, 0.25) is 0 Å². The molecule has 0 bridgehead atoms. The van der Waals surface area contributed by atoms with Crippen molar-refractivity contribution in [1.29, 1.82) is 0 Å². The minimum atomic E-state index is -0.281. The molecule has 3 heterocycles. The van der Waals surface area contributed by atoms with Gasteiger partial charge in [-0.3, -0.25) is 9.89 Å². The normalized spacial score (nSPS) is 10.7. The van der Waals surface area contributed by atoms with E-state index in [-0.39, 0.29) is 5.91 Å². The van der Waals surface area contributed by atoms with E-state index in [4.69, 9.17) is 0 Å². The Morgan fingerprint density at radius 3 is 3.15 bits per heavy atom. The molecular formula is C9H9N9OS. The van der Waals surface area contributed by atoms with E-state index >= 15 is 0 Å². The lowest BCUT2D eigenvalue weighted by molar-refractivity contribution is 0.0951. The van der Waals surface area contributed by atoms with Gasteiger partial charge in [0.2, 0.25) is 0 Å². The molecule has 2 N–H and O–H groups in total. The minimum Gasteiger partial charge on any atom is -0.347 e. The maximum absolute atomic E-state index is 12.1. The van der Waals surface area contributed by atoms with Crippen LogP contribution in [0.4, 0.5) is 0 Å². The van der Waals surface area contributed by atoms with Crippen LogP contribution in [0.1, 0.15) is 20.9 Å². The van der Waals surface area contributed by atoms with Crippen LogP contribution in [-0.2, 0) is 6.54 Å². The van der Waals surface area contributed by atoms with Crippen LogP contribution in [0.3, 0.4) is 0 Å². The molecule has 0 aromatic carbocycles. The average molecular weight is 291 g/mol. The predicted octanol–water partition coefficient (Wildman–Crippen LogP) is -0.525. The Labute approximate surface area is 116 Å². The van der Waals surface area contributed by atoms with Crippen molar-refractivity contribution in [3.05, 3.63) is 28.7 Å². The highest BCUT2D eigenvalue weighted by Crippen LogP contribution is 2.11. The van der Waals surface area contributed by atoms with E-state index in [1.165, 1.54) is 28.7 Å². The molecule has 3 rings (SSSR count). The maximum atomic E-state index is 12.1. The number of tetrazole rings is 1. The highest BCUT2D eigenvalue weighted by Gasteiger charge is 2.16. The Morgan fingerprint density at radius 1 is 1.55 bits per heavy atom. The number of aromatic amines is 1. The zero-order valence-electron chi connectivity index (χ0n) is 10.3. The number of amides is 1. The molecule has 0 saturated carbocycles. The van der Waals surface area contributed by atoms with Gasteiger partial charge in [0.25, 0.3) is 5.91 Å². The first-order chi connectivity index (χ1) is 9.75. The highest BCUT2D eigenvalue weighted by molar-refractivity contribution is 7.05. The average Bonchev–Trinajstić information content (AvgIpc) is 3.17. The summed E-state index contributed by atoms with van der Waals surface area (Å²) >= 11 is 1.25. The third kappa shape index (κ3) is 2.25. The van der Waals surface area contributed by atoms with Gasteiger partial charge in [0.15, 0.2) is 5.82 Å². The first kappa shape index (κ1) is 12.3. The fourth-order valence-electron chi connectivity index (χ4n) is 1.55. The maximum Gasteiger partial charge on any atom is 0.257 e. The topological polar surface area (TPSA) is 127 Å². The standard InChI is InChI=1S/C9H9N9OS/c1-5-7(20-17-13-5)3-10-9(19)6-2-11-14-8(6)18-4-12-15-16-18/h2,4H,3H2,1H3,(H,10,19)(H,11,14). The quantitative estimate of drug-likeness (QED) is 0.661. The first-order valence-electron chi connectivity index (χ1n) is 5.58. The van der Waals surface area contributed by atoms with Gasteiger partial charge in [0, 0.05) is 0 Å². The molecule has 10 nitrogen and oxygen atoms in total. The fraction of sp³-hybridized carbons (Fsp3) is 0.222. The number of carbonyl (C=O) groups is 1. The van der Waals surface area contributed by atoms with Gasteiger partial charge < -0.3 is 5.32 Å². The minimum absolute atomic E-state index is 0.281. The van der Waals surface area contributed by atoms with Crippen molar-refractivity contribution in [2.24, 2.45) is 0 Å². The first-order valence-corrected chi connectivity index (χ1v) is 6.36. The largest absolute Gasteiger partial charge is 0.347 e. The Balaban J connectivity index is 1.75. The molecule has 20 heavy (non-hydrogen) atoms. The van der Waals surface area contributed by atoms with Crippen LogP contribution < -0.4 is 5.32 Å². The molecular weight excluding hydrogens is 282 g/mol. The third-order valence-electron chi connectivity index (χ3n) is 2.60. The van der Waals surface area contributed by atoms with Crippen LogP contribution >= 0.6 is 11.5 Å². The molecule has 0 unspecified atom stereocenters. The number of nitrogens with zero attached hydrogens (tertiary/aromatic N) is 7. The van der Waals surface area contributed by atoms with E-state index in [9.17, 15) is 4.79 Å². The molecule has 1 amide bonds. The van der Waals surface area contributed by atoms with Crippen LogP contribution in [-0.4, -0.2) is 45.9 Å². The van der Waals surface area contributed by atoms with Crippen LogP contribution in [0.15, 0.2) is 12.5 Å². The molecule has 0 atom stereocenters. The van der Waals surface area contributed by atoms with Crippen molar-refractivity contribution in [1.82, 2.24) is 45.3 Å².